The molecule has 2 aromatic rings. The molecule has 138 valence electrons. The molecule has 0 unspecified atom stereocenters. The standard InChI is InChI=1S/C20H25N3O3/c1-2-26-17-9-7-16(8-10-17)21-15-20(24)22-18-5-3-4-6-19(18)23-11-13-25-14-12-23/h3-10,21H,2,11-15H2,1H3,(H,22,24). The van der Waals surface area contributed by atoms with Crippen molar-refractivity contribution < 1.29 is 14.3 Å². The summed E-state index contributed by atoms with van der Waals surface area (Å²) in [5.41, 5.74) is 2.74. The van der Waals surface area contributed by atoms with Crippen molar-refractivity contribution in [3.63, 3.8) is 0 Å². The van der Waals surface area contributed by atoms with E-state index in [0.29, 0.717) is 19.8 Å². The first kappa shape index (κ1) is 18.1. The normalized spacial score (nSPS) is 14.0. The lowest BCUT2D eigenvalue weighted by Gasteiger charge is -2.30. The Bertz CT molecular complexity index is 712. The maximum Gasteiger partial charge on any atom is 0.243 e. The van der Waals surface area contributed by atoms with Gasteiger partial charge in [0, 0.05) is 18.8 Å². The van der Waals surface area contributed by atoms with Gasteiger partial charge in [0.15, 0.2) is 0 Å². The van der Waals surface area contributed by atoms with Crippen molar-refractivity contribution in [3.8, 4) is 5.75 Å². The molecule has 3 rings (SSSR count). The highest BCUT2D eigenvalue weighted by atomic mass is 16.5. The molecule has 1 saturated heterocycles. The van der Waals surface area contributed by atoms with E-state index >= 15 is 0 Å². The molecule has 0 aliphatic carbocycles. The zero-order valence-electron chi connectivity index (χ0n) is 15.0. The van der Waals surface area contributed by atoms with Gasteiger partial charge in [-0.05, 0) is 43.3 Å². The molecule has 0 bridgehead atoms. The lowest BCUT2D eigenvalue weighted by atomic mass is 10.2. The number of benzene rings is 2. The second-order valence-corrected chi connectivity index (χ2v) is 5.98. The predicted molar refractivity (Wildman–Crippen MR) is 104 cm³/mol. The van der Waals surface area contributed by atoms with Crippen LogP contribution >= 0.6 is 0 Å². The number of carbonyl (C=O) groups excluding carboxylic acids is 1. The first-order chi connectivity index (χ1) is 12.8. The Morgan fingerprint density at radius 1 is 1.12 bits per heavy atom. The van der Waals surface area contributed by atoms with E-state index in [1.165, 1.54) is 0 Å². The first-order valence-electron chi connectivity index (χ1n) is 8.94. The lowest BCUT2D eigenvalue weighted by molar-refractivity contribution is -0.114. The van der Waals surface area contributed by atoms with Gasteiger partial charge in [-0.1, -0.05) is 12.1 Å². The average molecular weight is 355 g/mol. The third kappa shape index (κ3) is 4.89. The van der Waals surface area contributed by atoms with Gasteiger partial charge in [-0.3, -0.25) is 4.79 Å². The number of ether oxygens (including phenoxy) is 2. The van der Waals surface area contributed by atoms with Gasteiger partial charge in [0.05, 0.1) is 37.7 Å². The number of nitrogens with zero attached hydrogens (tertiary/aromatic N) is 1. The van der Waals surface area contributed by atoms with Crippen LogP contribution in [0.1, 0.15) is 6.92 Å². The van der Waals surface area contributed by atoms with Crippen LogP contribution in [-0.2, 0) is 9.53 Å². The molecule has 6 nitrogen and oxygen atoms in total. The third-order valence-corrected chi connectivity index (χ3v) is 4.15. The summed E-state index contributed by atoms with van der Waals surface area (Å²) in [4.78, 5) is 14.6. The molecular formula is C20H25N3O3. The monoisotopic (exact) mass is 355 g/mol. The Morgan fingerprint density at radius 3 is 2.58 bits per heavy atom. The van der Waals surface area contributed by atoms with Crippen molar-refractivity contribution in [3.05, 3.63) is 48.5 Å². The highest BCUT2D eigenvalue weighted by molar-refractivity contribution is 5.96. The highest BCUT2D eigenvalue weighted by Gasteiger charge is 2.15. The van der Waals surface area contributed by atoms with Crippen LogP contribution in [0.2, 0.25) is 0 Å². The summed E-state index contributed by atoms with van der Waals surface area (Å²) < 4.78 is 10.8. The van der Waals surface area contributed by atoms with Gasteiger partial charge < -0.3 is 25.0 Å². The van der Waals surface area contributed by atoms with E-state index in [4.69, 9.17) is 9.47 Å². The minimum Gasteiger partial charge on any atom is -0.494 e. The van der Waals surface area contributed by atoms with Crippen LogP contribution in [0.4, 0.5) is 17.1 Å². The van der Waals surface area contributed by atoms with Crippen molar-refractivity contribution in [2.75, 3.05) is 55.0 Å². The number of para-hydroxylation sites is 2. The van der Waals surface area contributed by atoms with Crippen LogP contribution in [0.15, 0.2) is 48.5 Å². The van der Waals surface area contributed by atoms with Gasteiger partial charge >= 0.3 is 0 Å². The van der Waals surface area contributed by atoms with Crippen LogP contribution in [0.5, 0.6) is 5.75 Å². The van der Waals surface area contributed by atoms with E-state index in [0.717, 1.165) is 35.9 Å². The topological polar surface area (TPSA) is 62.8 Å². The molecule has 0 saturated carbocycles. The lowest BCUT2D eigenvalue weighted by Crippen LogP contribution is -2.37. The first-order valence-corrected chi connectivity index (χ1v) is 8.94. The summed E-state index contributed by atoms with van der Waals surface area (Å²) in [6.45, 7) is 5.87. The molecule has 6 heteroatoms. The summed E-state index contributed by atoms with van der Waals surface area (Å²) in [5, 5.41) is 6.13. The number of nitrogens with one attached hydrogen (secondary N) is 2. The van der Waals surface area contributed by atoms with Gasteiger partial charge in [-0.15, -0.1) is 0 Å². The molecule has 0 spiro atoms. The third-order valence-electron chi connectivity index (χ3n) is 4.15. The van der Waals surface area contributed by atoms with Gasteiger partial charge in [-0.2, -0.15) is 0 Å². The minimum atomic E-state index is -0.0837. The number of carbonyl (C=O) groups is 1. The molecule has 2 N–H and O–H groups in total. The van der Waals surface area contributed by atoms with E-state index in [1.54, 1.807) is 0 Å². The molecule has 0 radical (unpaired) electrons. The predicted octanol–water partition coefficient (Wildman–Crippen LogP) is 2.97. The second kappa shape index (κ2) is 9.10. The molecule has 0 atom stereocenters. The number of anilines is 3. The number of morpholine rings is 1. The quantitative estimate of drug-likeness (QED) is 0.799. The van der Waals surface area contributed by atoms with E-state index < -0.39 is 0 Å². The minimum absolute atomic E-state index is 0.0837. The van der Waals surface area contributed by atoms with Gasteiger partial charge in [-0.25, -0.2) is 0 Å². The summed E-state index contributed by atoms with van der Waals surface area (Å²) in [5.74, 6) is 0.738. The Hall–Kier alpha value is -2.73. The molecular weight excluding hydrogens is 330 g/mol. The van der Waals surface area contributed by atoms with Crippen molar-refractivity contribution >= 4 is 23.0 Å². The number of hydrogen-bond acceptors (Lipinski definition) is 5. The second-order valence-electron chi connectivity index (χ2n) is 5.98. The zero-order chi connectivity index (χ0) is 18.2. The van der Waals surface area contributed by atoms with Crippen molar-refractivity contribution in [1.29, 1.82) is 0 Å². The fraction of sp³-hybridized carbons (Fsp3) is 0.350. The number of amides is 1. The van der Waals surface area contributed by atoms with E-state index in [9.17, 15) is 4.79 Å². The average Bonchev–Trinajstić information content (AvgIpc) is 2.69. The largest absolute Gasteiger partial charge is 0.494 e. The van der Waals surface area contributed by atoms with E-state index in [2.05, 4.69) is 15.5 Å². The maximum absolute atomic E-state index is 12.3. The molecule has 1 amide bonds. The van der Waals surface area contributed by atoms with Gasteiger partial charge in [0.1, 0.15) is 5.75 Å². The SMILES string of the molecule is CCOc1ccc(NCC(=O)Nc2ccccc2N2CCOCC2)cc1. The smallest absolute Gasteiger partial charge is 0.243 e. The number of hydrogen-bond donors (Lipinski definition) is 2. The highest BCUT2D eigenvalue weighted by Crippen LogP contribution is 2.26. The van der Waals surface area contributed by atoms with Crippen LogP contribution in [0.3, 0.4) is 0 Å². The fourth-order valence-corrected chi connectivity index (χ4v) is 2.87. The Kier molecular flexibility index (Phi) is 6.33. The molecule has 1 heterocycles. The van der Waals surface area contributed by atoms with Crippen molar-refractivity contribution in [2.24, 2.45) is 0 Å². The Labute approximate surface area is 154 Å². The van der Waals surface area contributed by atoms with Crippen LogP contribution in [0.25, 0.3) is 0 Å². The van der Waals surface area contributed by atoms with Crippen LogP contribution in [-0.4, -0.2) is 45.4 Å². The summed E-state index contributed by atoms with van der Waals surface area (Å²) in [6.07, 6.45) is 0. The summed E-state index contributed by atoms with van der Waals surface area (Å²) in [7, 11) is 0. The van der Waals surface area contributed by atoms with Crippen LogP contribution in [0, 0.1) is 0 Å². The van der Waals surface area contributed by atoms with Gasteiger partial charge in [0.2, 0.25) is 5.91 Å². The molecule has 26 heavy (non-hydrogen) atoms. The van der Waals surface area contributed by atoms with Crippen LogP contribution < -0.4 is 20.3 Å². The fourth-order valence-electron chi connectivity index (χ4n) is 2.87. The zero-order valence-corrected chi connectivity index (χ0v) is 15.0. The maximum atomic E-state index is 12.3. The Balaban J connectivity index is 1.56. The summed E-state index contributed by atoms with van der Waals surface area (Å²) >= 11 is 0. The molecule has 1 fully saturated rings. The van der Waals surface area contributed by atoms with E-state index in [-0.39, 0.29) is 12.5 Å². The molecule has 2 aromatic carbocycles. The molecule has 0 aromatic heterocycles. The molecule has 1 aliphatic rings. The Morgan fingerprint density at radius 2 is 1.85 bits per heavy atom. The molecule has 1 aliphatic heterocycles. The van der Waals surface area contributed by atoms with Gasteiger partial charge in [0.25, 0.3) is 0 Å². The van der Waals surface area contributed by atoms with Crippen molar-refractivity contribution in [1.82, 2.24) is 0 Å². The van der Waals surface area contributed by atoms with Crippen molar-refractivity contribution in [2.45, 2.75) is 6.92 Å². The summed E-state index contributed by atoms with van der Waals surface area (Å²) in [6, 6.07) is 15.5. The number of rotatable bonds is 7. The van der Waals surface area contributed by atoms with E-state index in [1.807, 2.05) is 55.5 Å².